The number of anilines is 2. The minimum Gasteiger partial charge on any atom is -0.330 e. The van der Waals surface area contributed by atoms with E-state index >= 15 is 0 Å². The van der Waals surface area contributed by atoms with Crippen molar-refractivity contribution in [3.8, 4) is 0 Å². The maximum absolute atomic E-state index is 13.2. The number of thioether (sulfide) groups is 1. The Morgan fingerprint density at radius 1 is 1.21 bits per heavy atom. The molecule has 0 aliphatic heterocycles. The van der Waals surface area contributed by atoms with Crippen molar-refractivity contribution < 1.29 is 9.18 Å². The highest BCUT2D eigenvalue weighted by molar-refractivity contribution is 8.01. The first-order valence-electron chi connectivity index (χ1n) is 6.88. The summed E-state index contributed by atoms with van der Waals surface area (Å²) in [6, 6.07) is 13.0. The predicted molar refractivity (Wildman–Crippen MR) is 96.1 cm³/mol. The standard InChI is InChI=1S/C16H11ClFN3OS2/c17-13-7-2-1-6-12(13)14(22)9-23-16-21-20-15(24-16)19-11-5-3-4-10(18)8-11/h1-8H,9H2,(H,19,20). The molecule has 0 atom stereocenters. The molecule has 3 rings (SSSR count). The number of nitrogens with zero attached hydrogens (tertiary/aromatic N) is 2. The van der Waals surface area contributed by atoms with Crippen LogP contribution in [0.4, 0.5) is 15.2 Å². The topological polar surface area (TPSA) is 54.9 Å². The molecule has 0 aliphatic carbocycles. The van der Waals surface area contributed by atoms with Crippen molar-refractivity contribution in [2.75, 3.05) is 11.1 Å². The molecule has 8 heteroatoms. The van der Waals surface area contributed by atoms with Gasteiger partial charge in [0.1, 0.15) is 5.82 Å². The van der Waals surface area contributed by atoms with Gasteiger partial charge in [0.2, 0.25) is 5.13 Å². The third-order valence-electron chi connectivity index (χ3n) is 2.98. The maximum atomic E-state index is 13.2. The van der Waals surface area contributed by atoms with Crippen molar-refractivity contribution >= 4 is 51.3 Å². The van der Waals surface area contributed by atoms with Gasteiger partial charge in [0, 0.05) is 11.3 Å². The van der Waals surface area contributed by atoms with Crippen molar-refractivity contribution in [1.29, 1.82) is 0 Å². The first-order chi connectivity index (χ1) is 11.6. The lowest BCUT2D eigenvalue weighted by Crippen LogP contribution is -2.02. The average molecular weight is 380 g/mol. The second-order valence-corrected chi connectivity index (χ2v) is 7.31. The molecule has 0 spiro atoms. The van der Waals surface area contributed by atoms with Gasteiger partial charge < -0.3 is 5.32 Å². The Labute approximate surface area is 151 Å². The van der Waals surface area contributed by atoms with E-state index in [1.807, 2.05) is 0 Å². The van der Waals surface area contributed by atoms with Gasteiger partial charge in [-0.1, -0.05) is 52.9 Å². The molecule has 2 aromatic carbocycles. The summed E-state index contributed by atoms with van der Waals surface area (Å²) in [7, 11) is 0. The van der Waals surface area contributed by atoms with E-state index in [1.165, 1.54) is 35.2 Å². The van der Waals surface area contributed by atoms with Crippen LogP contribution in [0.15, 0.2) is 52.9 Å². The number of carbonyl (C=O) groups is 1. The SMILES string of the molecule is O=C(CSc1nnc(Nc2cccc(F)c2)s1)c1ccccc1Cl. The van der Waals surface area contributed by atoms with Gasteiger partial charge in [0.25, 0.3) is 0 Å². The van der Waals surface area contributed by atoms with Gasteiger partial charge in [-0.3, -0.25) is 4.79 Å². The Hall–Kier alpha value is -1.96. The van der Waals surface area contributed by atoms with Crippen LogP contribution in [-0.2, 0) is 0 Å². The van der Waals surface area contributed by atoms with Crippen molar-refractivity contribution in [1.82, 2.24) is 10.2 Å². The number of nitrogens with one attached hydrogen (secondary N) is 1. The van der Waals surface area contributed by atoms with Crippen molar-refractivity contribution in [2.45, 2.75) is 4.34 Å². The highest BCUT2D eigenvalue weighted by atomic mass is 35.5. The Morgan fingerprint density at radius 3 is 2.83 bits per heavy atom. The molecule has 24 heavy (non-hydrogen) atoms. The quantitative estimate of drug-likeness (QED) is 0.479. The lowest BCUT2D eigenvalue weighted by Gasteiger charge is -2.01. The number of hydrogen-bond acceptors (Lipinski definition) is 6. The van der Waals surface area contributed by atoms with Crippen LogP contribution in [0.3, 0.4) is 0 Å². The van der Waals surface area contributed by atoms with Crippen molar-refractivity contribution in [2.24, 2.45) is 0 Å². The number of Topliss-reactive ketones (excluding diaryl/α,β-unsaturated/α-hetero) is 1. The zero-order valence-electron chi connectivity index (χ0n) is 12.2. The van der Waals surface area contributed by atoms with E-state index in [2.05, 4.69) is 15.5 Å². The Bertz CT molecular complexity index is 872. The molecule has 0 radical (unpaired) electrons. The summed E-state index contributed by atoms with van der Waals surface area (Å²) < 4.78 is 13.8. The maximum Gasteiger partial charge on any atom is 0.210 e. The average Bonchev–Trinajstić information content (AvgIpc) is 3.00. The van der Waals surface area contributed by atoms with Gasteiger partial charge in [-0.25, -0.2) is 4.39 Å². The van der Waals surface area contributed by atoms with Crippen molar-refractivity contribution in [3.63, 3.8) is 0 Å². The second-order valence-electron chi connectivity index (χ2n) is 4.70. The van der Waals surface area contributed by atoms with E-state index in [0.29, 0.717) is 25.7 Å². The van der Waals surface area contributed by atoms with Gasteiger partial charge >= 0.3 is 0 Å². The molecule has 122 valence electrons. The molecule has 0 fully saturated rings. The number of hydrogen-bond donors (Lipinski definition) is 1. The molecule has 1 N–H and O–H groups in total. The van der Waals surface area contributed by atoms with Gasteiger partial charge in [0.05, 0.1) is 10.8 Å². The summed E-state index contributed by atoms with van der Waals surface area (Å²) in [4.78, 5) is 12.2. The minimum absolute atomic E-state index is 0.0690. The number of aromatic nitrogens is 2. The molecule has 0 saturated carbocycles. The van der Waals surface area contributed by atoms with E-state index in [-0.39, 0.29) is 17.4 Å². The predicted octanol–water partition coefficient (Wildman–Crippen LogP) is 5.05. The highest BCUT2D eigenvalue weighted by Gasteiger charge is 2.12. The molecule has 1 heterocycles. The third kappa shape index (κ3) is 4.31. The van der Waals surface area contributed by atoms with Gasteiger partial charge in [-0.2, -0.15) is 0 Å². The summed E-state index contributed by atoms with van der Waals surface area (Å²) in [6.45, 7) is 0. The fourth-order valence-corrected chi connectivity index (χ4v) is 3.80. The van der Waals surface area contributed by atoms with Crippen LogP contribution < -0.4 is 5.32 Å². The summed E-state index contributed by atoms with van der Waals surface area (Å²) >= 11 is 8.60. The number of halogens is 2. The molecule has 0 amide bonds. The summed E-state index contributed by atoms with van der Waals surface area (Å²) in [5.74, 6) is -0.178. The molecule has 0 unspecified atom stereocenters. The minimum atomic E-state index is -0.329. The third-order valence-corrected chi connectivity index (χ3v) is 5.28. The molecule has 0 aliphatic rings. The first kappa shape index (κ1) is 16.9. The van der Waals surface area contributed by atoms with E-state index in [1.54, 1.807) is 36.4 Å². The van der Waals surface area contributed by atoms with Crippen LogP contribution >= 0.6 is 34.7 Å². The van der Waals surface area contributed by atoms with E-state index in [4.69, 9.17) is 11.6 Å². The summed E-state index contributed by atoms with van der Waals surface area (Å²) in [5.41, 5.74) is 1.09. The van der Waals surface area contributed by atoms with Crippen LogP contribution in [0, 0.1) is 5.82 Å². The van der Waals surface area contributed by atoms with E-state index in [0.717, 1.165) is 0 Å². The number of ketones is 1. The molecule has 3 aromatic rings. The zero-order valence-corrected chi connectivity index (χ0v) is 14.6. The van der Waals surface area contributed by atoms with Crippen LogP contribution in [-0.4, -0.2) is 21.7 Å². The molecule has 1 aromatic heterocycles. The second kappa shape index (κ2) is 7.74. The smallest absolute Gasteiger partial charge is 0.210 e. The lowest BCUT2D eigenvalue weighted by molar-refractivity contribution is 0.102. The molecule has 0 saturated heterocycles. The molecular weight excluding hydrogens is 369 g/mol. The van der Waals surface area contributed by atoms with E-state index < -0.39 is 0 Å². The first-order valence-corrected chi connectivity index (χ1v) is 9.06. The number of rotatable bonds is 6. The Kier molecular flexibility index (Phi) is 5.44. The Balaban J connectivity index is 1.60. The van der Waals surface area contributed by atoms with Crippen LogP contribution in [0.2, 0.25) is 5.02 Å². The van der Waals surface area contributed by atoms with Gasteiger partial charge in [-0.05, 0) is 30.3 Å². The Morgan fingerprint density at radius 2 is 2.04 bits per heavy atom. The van der Waals surface area contributed by atoms with Crippen LogP contribution in [0.5, 0.6) is 0 Å². The monoisotopic (exact) mass is 379 g/mol. The normalized spacial score (nSPS) is 10.6. The van der Waals surface area contributed by atoms with Gasteiger partial charge in [-0.15, -0.1) is 10.2 Å². The number of carbonyl (C=O) groups excluding carboxylic acids is 1. The van der Waals surface area contributed by atoms with Gasteiger partial charge in [0.15, 0.2) is 10.1 Å². The molecular formula is C16H11ClFN3OS2. The summed E-state index contributed by atoms with van der Waals surface area (Å²) in [5, 5.41) is 12.0. The fraction of sp³-hybridized carbons (Fsp3) is 0.0625. The highest BCUT2D eigenvalue weighted by Crippen LogP contribution is 2.29. The van der Waals surface area contributed by atoms with Crippen molar-refractivity contribution in [3.05, 3.63) is 64.9 Å². The molecule has 4 nitrogen and oxygen atoms in total. The largest absolute Gasteiger partial charge is 0.330 e. The zero-order chi connectivity index (χ0) is 16.9. The molecule has 0 bridgehead atoms. The van der Waals surface area contributed by atoms with E-state index in [9.17, 15) is 9.18 Å². The summed E-state index contributed by atoms with van der Waals surface area (Å²) in [6.07, 6.45) is 0. The fourth-order valence-electron chi connectivity index (χ4n) is 1.90. The van der Waals surface area contributed by atoms with Crippen LogP contribution in [0.1, 0.15) is 10.4 Å². The van der Waals surface area contributed by atoms with Crippen LogP contribution in [0.25, 0.3) is 0 Å². The lowest BCUT2D eigenvalue weighted by atomic mass is 10.1. The number of benzene rings is 2.